The Kier molecular flexibility index (Phi) is 8.41. The van der Waals surface area contributed by atoms with E-state index in [1.54, 1.807) is 0 Å². The SMILES string of the molecule is CCNC(=NCc1cc(CC)no1)N1CCC(Cc2ccccc2)C1.I. The van der Waals surface area contributed by atoms with E-state index >= 15 is 0 Å². The van der Waals surface area contributed by atoms with Gasteiger partial charge in [-0.3, -0.25) is 0 Å². The lowest BCUT2D eigenvalue weighted by Crippen LogP contribution is -2.40. The number of hydrogen-bond acceptors (Lipinski definition) is 3. The summed E-state index contributed by atoms with van der Waals surface area (Å²) < 4.78 is 5.34. The highest BCUT2D eigenvalue weighted by Gasteiger charge is 2.25. The Morgan fingerprint density at radius 2 is 2.12 bits per heavy atom. The third-order valence-corrected chi connectivity index (χ3v) is 4.64. The van der Waals surface area contributed by atoms with Crippen LogP contribution in [0, 0.1) is 5.92 Å². The first-order valence-corrected chi connectivity index (χ1v) is 9.30. The van der Waals surface area contributed by atoms with Crippen LogP contribution in [-0.4, -0.2) is 35.7 Å². The Labute approximate surface area is 173 Å². The van der Waals surface area contributed by atoms with Crippen LogP contribution in [0.25, 0.3) is 0 Å². The van der Waals surface area contributed by atoms with Crippen LogP contribution in [0.5, 0.6) is 0 Å². The minimum Gasteiger partial charge on any atom is -0.359 e. The van der Waals surface area contributed by atoms with Gasteiger partial charge in [0.05, 0.1) is 5.69 Å². The smallest absolute Gasteiger partial charge is 0.194 e. The van der Waals surface area contributed by atoms with Gasteiger partial charge in [0.15, 0.2) is 11.7 Å². The van der Waals surface area contributed by atoms with Crippen molar-refractivity contribution < 1.29 is 4.52 Å². The van der Waals surface area contributed by atoms with Crippen LogP contribution < -0.4 is 5.32 Å². The van der Waals surface area contributed by atoms with Gasteiger partial charge in [0.25, 0.3) is 0 Å². The number of likely N-dealkylation sites (tertiary alicyclic amines) is 1. The molecule has 0 aliphatic carbocycles. The Bertz CT molecular complexity index is 686. The lowest BCUT2D eigenvalue weighted by molar-refractivity contribution is 0.378. The van der Waals surface area contributed by atoms with Crippen molar-refractivity contribution in [3.8, 4) is 0 Å². The highest BCUT2D eigenvalue weighted by molar-refractivity contribution is 14.0. The van der Waals surface area contributed by atoms with E-state index in [0.29, 0.717) is 12.5 Å². The Morgan fingerprint density at radius 3 is 2.81 bits per heavy atom. The van der Waals surface area contributed by atoms with Crippen LogP contribution in [0.15, 0.2) is 45.9 Å². The van der Waals surface area contributed by atoms with E-state index in [0.717, 1.165) is 49.9 Å². The van der Waals surface area contributed by atoms with E-state index in [1.165, 1.54) is 12.0 Å². The fourth-order valence-electron chi connectivity index (χ4n) is 3.31. The van der Waals surface area contributed by atoms with Gasteiger partial charge < -0.3 is 14.7 Å². The largest absolute Gasteiger partial charge is 0.359 e. The van der Waals surface area contributed by atoms with Crippen LogP contribution in [0.3, 0.4) is 0 Å². The van der Waals surface area contributed by atoms with Gasteiger partial charge in [-0.05, 0) is 37.7 Å². The summed E-state index contributed by atoms with van der Waals surface area (Å²) in [4.78, 5) is 7.12. The van der Waals surface area contributed by atoms with Gasteiger partial charge in [0.2, 0.25) is 0 Å². The van der Waals surface area contributed by atoms with Crippen LogP contribution in [0.1, 0.15) is 37.3 Å². The Hall–Kier alpha value is -1.57. The second kappa shape index (κ2) is 10.5. The van der Waals surface area contributed by atoms with Crippen molar-refractivity contribution in [3.05, 3.63) is 53.4 Å². The van der Waals surface area contributed by atoms with Gasteiger partial charge in [-0.2, -0.15) is 0 Å². The van der Waals surface area contributed by atoms with Crippen LogP contribution in [0.2, 0.25) is 0 Å². The van der Waals surface area contributed by atoms with Crippen molar-refractivity contribution in [2.45, 2.75) is 39.7 Å². The first-order chi connectivity index (χ1) is 12.3. The number of aryl methyl sites for hydroxylation is 1. The number of guanidine groups is 1. The molecular formula is C20H29IN4O. The normalized spacial score (nSPS) is 17.2. The van der Waals surface area contributed by atoms with Gasteiger partial charge in [-0.1, -0.05) is 42.4 Å². The molecule has 1 aromatic heterocycles. The monoisotopic (exact) mass is 468 g/mol. The van der Waals surface area contributed by atoms with Gasteiger partial charge in [-0.15, -0.1) is 24.0 Å². The van der Waals surface area contributed by atoms with Gasteiger partial charge in [0, 0.05) is 25.7 Å². The molecule has 0 saturated carbocycles. The highest BCUT2D eigenvalue weighted by Crippen LogP contribution is 2.21. The summed E-state index contributed by atoms with van der Waals surface area (Å²) in [5.74, 6) is 2.49. The summed E-state index contributed by atoms with van der Waals surface area (Å²) in [6, 6.07) is 12.8. The molecule has 1 aliphatic heterocycles. The number of benzene rings is 1. The number of halogens is 1. The Morgan fingerprint density at radius 1 is 1.31 bits per heavy atom. The molecule has 1 aliphatic rings. The molecule has 0 radical (unpaired) electrons. The molecule has 26 heavy (non-hydrogen) atoms. The third-order valence-electron chi connectivity index (χ3n) is 4.64. The second-order valence-electron chi connectivity index (χ2n) is 6.60. The first-order valence-electron chi connectivity index (χ1n) is 9.30. The molecule has 1 unspecified atom stereocenters. The molecule has 1 N–H and O–H groups in total. The molecule has 2 heterocycles. The molecule has 5 nitrogen and oxygen atoms in total. The molecular weight excluding hydrogens is 439 g/mol. The van der Waals surface area contributed by atoms with Crippen molar-refractivity contribution in [2.75, 3.05) is 19.6 Å². The summed E-state index contributed by atoms with van der Waals surface area (Å²) in [5.41, 5.74) is 2.41. The molecule has 142 valence electrons. The van der Waals surface area contributed by atoms with Crippen molar-refractivity contribution in [2.24, 2.45) is 10.9 Å². The molecule has 1 saturated heterocycles. The average molecular weight is 468 g/mol. The van der Waals surface area contributed by atoms with E-state index < -0.39 is 0 Å². The fourth-order valence-corrected chi connectivity index (χ4v) is 3.31. The van der Waals surface area contributed by atoms with E-state index in [2.05, 4.69) is 59.6 Å². The molecule has 0 spiro atoms. The molecule has 1 atom stereocenters. The lowest BCUT2D eigenvalue weighted by atomic mass is 9.99. The number of rotatable bonds is 6. The van der Waals surface area contributed by atoms with Crippen LogP contribution in [-0.2, 0) is 19.4 Å². The second-order valence-corrected chi connectivity index (χ2v) is 6.60. The average Bonchev–Trinajstić information content (AvgIpc) is 3.29. The number of nitrogens with zero attached hydrogens (tertiary/aromatic N) is 3. The predicted molar refractivity (Wildman–Crippen MR) is 116 cm³/mol. The van der Waals surface area contributed by atoms with Gasteiger partial charge in [-0.25, -0.2) is 4.99 Å². The number of aliphatic imine (C=N–C) groups is 1. The number of nitrogens with one attached hydrogen (secondary N) is 1. The summed E-state index contributed by atoms with van der Waals surface area (Å²) in [6.45, 7) is 7.70. The molecule has 6 heteroatoms. The topological polar surface area (TPSA) is 53.7 Å². The zero-order valence-electron chi connectivity index (χ0n) is 15.6. The zero-order valence-corrected chi connectivity index (χ0v) is 18.0. The maximum Gasteiger partial charge on any atom is 0.194 e. The predicted octanol–water partition coefficient (Wildman–Crippen LogP) is 3.89. The van der Waals surface area contributed by atoms with Crippen molar-refractivity contribution >= 4 is 29.9 Å². The van der Waals surface area contributed by atoms with E-state index in [4.69, 9.17) is 9.52 Å². The van der Waals surface area contributed by atoms with E-state index in [-0.39, 0.29) is 24.0 Å². The maximum atomic E-state index is 5.34. The fraction of sp³-hybridized carbons (Fsp3) is 0.500. The highest BCUT2D eigenvalue weighted by atomic mass is 127. The molecule has 0 bridgehead atoms. The van der Waals surface area contributed by atoms with Crippen molar-refractivity contribution in [1.29, 1.82) is 0 Å². The summed E-state index contributed by atoms with van der Waals surface area (Å²) >= 11 is 0. The maximum absolute atomic E-state index is 5.34. The molecule has 3 rings (SSSR count). The minimum absolute atomic E-state index is 0. The van der Waals surface area contributed by atoms with Crippen molar-refractivity contribution in [3.63, 3.8) is 0 Å². The summed E-state index contributed by atoms with van der Waals surface area (Å²) in [7, 11) is 0. The quantitative estimate of drug-likeness (QED) is 0.397. The van der Waals surface area contributed by atoms with Crippen molar-refractivity contribution in [1.82, 2.24) is 15.4 Å². The van der Waals surface area contributed by atoms with Crippen LogP contribution in [0.4, 0.5) is 0 Å². The number of hydrogen-bond donors (Lipinski definition) is 1. The molecule has 1 aromatic carbocycles. The van der Waals surface area contributed by atoms with E-state index in [9.17, 15) is 0 Å². The summed E-state index contributed by atoms with van der Waals surface area (Å²) in [6.07, 6.45) is 3.24. The Balaban J connectivity index is 0.00000243. The molecule has 0 amide bonds. The standard InChI is InChI=1S/C20H28N4O.HI/c1-3-18-13-19(25-23-18)14-22-20(21-4-2)24-11-10-17(15-24)12-16-8-6-5-7-9-16;/h5-9,13,17H,3-4,10-12,14-15H2,1-2H3,(H,21,22);1H. The minimum atomic E-state index is 0. The number of aromatic nitrogens is 1. The van der Waals surface area contributed by atoms with Gasteiger partial charge >= 0.3 is 0 Å². The third kappa shape index (κ3) is 5.72. The molecule has 2 aromatic rings. The first kappa shape index (κ1) is 20.7. The lowest BCUT2D eigenvalue weighted by Gasteiger charge is -2.21. The van der Waals surface area contributed by atoms with E-state index in [1.807, 2.05) is 6.07 Å². The molecule has 1 fully saturated rings. The van der Waals surface area contributed by atoms with Gasteiger partial charge in [0.1, 0.15) is 6.54 Å². The summed E-state index contributed by atoms with van der Waals surface area (Å²) in [5, 5.41) is 7.45. The zero-order chi connectivity index (χ0) is 17.5. The van der Waals surface area contributed by atoms with Crippen LogP contribution >= 0.6 is 24.0 Å².